The first kappa shape index (κ1) is 15.6. The van der Waals surface area contributed by atoms with Crippen molar-refractivity contribution in [3.05, 3.63) is 60.3 Å². The molecule has 1 aliphatic rings. The molecule has 0 spiro atoms. The summed E-state index contributed by atoms with van der Waals surface area (Å²) in [5, 5.41) is 10.2. The number of methoxy groups -OCH3 is 1. The number of aliphatic hydroxyl groups excluding tert-OH is 1. The molecule has 7 nitrogen and oxygen atoms in total. The van der Waals surface area contributed by atoms with Crippen molar-refractivity contribution in [3.63, 3.8) is 0 Å². The lowest BCUT2D eigenvalue weighted by Gasteiger charge is -2.24. The third kappa shape index (κ3) is 2.72. The van der Waals surface area contributed by atoms with Crippen LogP contribution in [0.15, 0.2) is 49.1 Å². The highest BCUT2D eigenvalue weighted by molar-refractivity contribution is 5.98. The first-order valence-corrected chi connectivity index (χ1v) is 8.08. The van der Waals surface area contributed by atoms with Gasteiger partial charge in [0.25, 0.3) is 5.91 Å². The Hall–Kier alpha value is -2.93. The number of fused-ring (bicyclic) bond motifs is 1. The normalized spacial score (nSPS) is 20.2. The van der Waals surface area contributed by atoms with Crippen LogP contribution in [0.4, 0.5) is 0 Å². The van der Waals surface area contributed by atoms with Crippen molar-refractivity contribution >= 4 is 11.6 Å². The number of hydrogen-bond acceptors (Lipinski definition) is 5. The van der Waals surface area contributed by atoms with Crippen LogP contribution in [0, 0.1) is 0 Å². The summed E-state index contributed by atoms with van der Waals surface area (Å²) in [7, 11) is 1.61. The van der Waals surface area contributed by atoms with Gasteiger partial charge < -0.3 is 19.1 Å². The predicted octanol–water partition coefficient (Wildman–Crippen LogP) is 1.69. The molecule has 1 N–H and O–H groups in total. The average Bonchev–Trinajstić information content (AvgIpc) is 3.27. The number of aromatic nitrogens is 3. The van der Waals surface area contributed by atoms with Gasteiger partial charge in [-0.05, 0) is 24.1 Å². The molecule has 128 valence electrons. The topological polar surface area (TPSA) is 80.0 Å². The number of carbonyl (C=O) groups excluding carboxylic acids is 1. The predicted molar refractivity (Wildman–Crippen MR) is 90.4 cm³/mol. The molecule has 3 aromatic rings. The summed E-state index contributed by atoms with van der Waals surface area (Å²) in [5.74, 6) is 0.487. The quantitative estimate of drug-likeness (QED) is 0.786. The largest absolute Gasteiger partial charge is 0.497 e. The molecule has 7 heteroatoms. The molecule has 0 saturated carbocycles. The molecule has 1 aromatic carbocycles. The maximum Gasteiger partial charge on any atom is 0.276 e. The van der Waals surface area contributed by atoms with E-state index in [0.29, 0.717) is 12.1 Å². The van der Waals surface area contributed by atoms with E-state index in [2.05, 4.69) is 9.97 Å². The third-order valence-electron chi connectivity index (χ3n) is 4.53. The Morgan fingerprint density at radius 2 is 2.08 bits per heavy atom. The molecule has 0 aliphatic carbocycles. The minimum absolute atomic E-state index is 0.227. The van der Waals surface area contributed by atoms with Crippen LogP contribution >= 0.6 is 0 Å². The van der Waals surface area contributed by atoms with Crippen LogP contribution in [-0.4, -0.2) is 50.0 Å². The van der Waals surface area contributed by atoms with Gasteiger partial charge in [-0.15, -0.1) is 0 Å². The van der Waals surface area contributed by atoms with E-state index in [4.69, 9.17) is 4.74 Å². The SMILES string of the molecule is COc1cccc([C@@H]2C[C@@H](O)CN2C(=O)c2nccn3ccnc23)c1. The lowest BCUT2D eigenvalue weighted by molar-refractivity contribution is 0.0711. The molecule has 1 aliphatic heterocycles. The molecular formula is C18H18N4O3. The summed E-state index contributed by atoms with van der Waals surface area (Å²) in [5.41, 5.74) is 1.73. The second kappa shape index (κ2) is 6.18. The van der Waals surface area contributed by atoms with E-state index in [1.54, 1.807) is 41.2 Å². The molecule has 1 fully saturated rings. The first-order chi connectivity index (χ1) is 12.2. The van der Waals surface area contributed by atoms with Crippen LogP contribution in [0.3, 0.4) is 0 Å². The zero-order valence-electron chi connectivity index (χ0n) is 13.7. The standard InChI is InChI=1S/C18H18N4O3/c1-25-14-4-2-3-12(9-14)15-10-13(23)11-22(15)18(24)16-17-20-6-8-21(17)7-5-19-16/h2-9,13,15,23H,10-11H2,1H3/t13-,15+/m1/s1. The van der Waals surface area contributed by atoms with Crippen LogP contribution < -0.4 is 4.74 Å². The van der Waals surface area contributed by atoms with E-state index in [-0.39, 0.29) is 24.2 Å². The second-order valence-corrected chi connectivity index (χ2v) is 6.07. The number of amides is 1. The lowest BCUT2D eigenvalue weighted by Crippen LogP contribution is -2.32. The number of hydrogen-bond donors (Lipinski definition) is 1. The van der Waals surface area contributed by atoms with E-state index in [9.17, 15) is 9.90 Å². The molecule has 0 bridgehead atoms. The molecule has 25 heavy (non-hydrogen) atoms. The highest BCUT2D eigenvalue weighted by Crippen LogP contribution is 2.34. The third-order valence-corrected chi connectivity index (χ3v) is 4.53. The Bertz CT molecular complexity index is 923. The molecule has 0 unspecified atom stereocenters. The summed E-state index contributed by atoms with van der Waals surface area (Å²) in [6, 6.07) is 7.35. The Labute approximate surface area is 144 Å². The van der Waals surface area contributed by atoms with E-state index in [1.165, 1.54) is 0 Å². The van der Waals surface area contributed by atoms with Gasteiger partial charge in [-0.2, -0.15) is 0 Å². The number of nitrogens with zero attached hydrogens (tertiary/aromatic N) is 4. The Morgan fingerprint density at radius 1 is 1.28 bits per heavy atom. The number of imidazole rings is 1. The average molecular weight is 338 g/mol. The van der Waals surface area contributed by atoms with E-state index in [0.717, 1.165) is 11.3 Å². The van der Waals surface area contributed by atoms with Gasteiger partial charge in [-0.25, -0.2) is 9.97 Å². The van der Waals surface area contributed by atoms with Gasteiger partial charge in [0, 0.05) is 31.3 Å². The van der Waals surface area contributed by atoms with Gasteiger partial charge in [0.2, 0.25) is 0 Å². The Balaban J connectivity index is 1.72. The van der Waals surface area contributed by atoms with Crippen molar-refractivity contribution in [2.24, 2.45) is 0 Å². The summed E-state index contributed by atoms with van der Waals surface area (Å²) < 4.78 is 7.03. The summed E-state index contributed by atoms with van der Waals surface area (Å²) >= 11 is 0. The van der Waals surface area contributed by atoms with Gasteiger partial charge in [-0.1, -0.05) is 12.1 Å². The minimum Gasteiger partial charge on any atom is -0.497 e. The van der Waals surface area contributed by atoms with Gasteiger partial charge in [0.05, 0.1) is 19.3 Å². The fourth-order valence-corrected chi connectivity index (χ4v) is 3.34. The maximum absolute atomic E-state index is 13.1. The number of ether oxygens (including phenoxy) is 1. The highest BCUT2D eigenvalue weighted by atomic mass is 16.5. The number of β-amino-alcohol motifs (C(OH)–C–C–N with tert-alkyl or cyclic N) is 1. The van der Waals surface area contributed by atoms with Crippen molar-refractivity contribution in [1.29, 1.82) is 0 Å². The molecular weight excluding hydrogens is 320 g/mol. The van der Waals surface area contributed by atoms with Crippen LogP contribution in [0.5, 0.6) is 5.75 Å². The van der Waals surface area contributed by atoms with Gasteiger partial charge in [0.15, 0.2) is 11.3 Å². The van der Waals surface area contributed by atoms with Crippen molar-refractivity contribution in [3.8, 4) is 5.75 Å². The summed E-state index contributed by atoms with van der Waals surface area (Å²) in [6.45, 7) is 0.268. The minimum atomic E-state index is -0.570. The first-order valence-electron chi connectivity index (χ1n) is 8.08. The van der Waals surface area contributed by atoms with Gasteiger partial charge in [0.1, 0.15) is 5.75 Å². The molecule has 1 saturated heterocycles. The van der Waals surface area contributed by atoms with E-state index in [1.807, 2.05) is 24.3 Å². The number of benzene rings is 1. The second-order valence-electron chi connectivity index (χ2n) is 6.07. The molecule has 0 radical (unpaired) electrons. The molecule has 1 amide bonds. The lowest BCUT2D eigenvalue weighted by atomic mass is 10.0. The van der Waals surface area contributed by atoms with Crippen LogP contribution in [0.25, 0.3) is 5.65 Å². The van der Waals surface area contributed by atoms with E-state index >= 15 is 0 Å². The van der Waals surface area contributed by atoms with Gasteiger partial charge in [-0.3, -0.25) is 4.79 Å². The number of rotatable bonds is 3. The molecule has 2 aromatic heterocycles. The van der Waals surface area contributed by atoms with Crippen molar-refractivity contribution in [2.75, 3.05) is 13.7 Å². The molecule has 3 heterocycles. The van der Waals surface area contributed by atoms with Gasteiger partial charge >= 0.3 is 0 Å². The van der Waals surface area contributed by atoms with Crippen LogP contribution in [0.1, 0.15) is 28.5 Å². The molecule has 4 rings (SSSR count). The smallest absolute Gasteiger partial charge is 0.276 e. The number of carbonyl (C=O) groups is 1. The van der Waals surface area contributed by atoms with Crippen molar-refractivity contribution in [2.45, 2.75) is 18.6 Å². The highest BCUT2D eigenvalue weighted by Gasteiger charge is 2.37. The van der Waals surface area contributed by atoms with Crippen molar-refractivity contribution in [1.82, 2.24) is 19.3 Å². The summed E-state index contributed by atoms with van der Waals surface area (Å²) in [6.07, 6.45) is 6.64. The fraction of sp³-hybridized carbons (Fsp3) is 0.278. The van der Waals surface area contributed by atoms with Crippen LogP contribution in [-0.2, 0) is 0 Å². The zero-order chi connectivity index (χ0) is 17.4. The maximum atomic E-state index is 13.1. The fourth-order valence-electron chi connectivity index (χ4n) is 3.34. The Kier molecular flexibility index (Phi) is 3.85. The van der Waals surface area contributed by atoms with Crippen molar-refractivity contribution < 1.29 is 14.6 Å². The Morgan fingerprint density at radius 3 is 2.88 bits per heavy atom. The number of likely N-dealkylation sites (tertiary alicyclic amines) is 1. The summed E-state index contributed by atoms with van der Waals surface area (Å²) in [4.78, 5) is 23.2. The monoisotopic (exact) mass is 338 g/mol. The molecule has 2 atom stereocenters. The number of aliphatic hydroxyl groups is 1. The van der Waals surface area contributed by atoms with E-state index < -0.39 is 6.10 Å². The zero-order valence-corrected chi connectivity index (χ0v) is 13.7. The van der Waals surface area contributed by atoms with Crippen LogP contribution in [0.2, 0.25) is 0 Å².